The van der Waals surface area contributed by atoms with Crippen LogP contribution < -0.4 is 11.2 Å². The number of carbonyl (C=O) groups is 1. The molecule has 0 saturated heterocycles. The number of methoxy groups -OCH3 is 1. The van der Waals surface area contributed by atoms with Gasteiger partial charge >= 0.3 is 11.7 Å². The van der Waals surface area contributed by atoms with Gasteiger partial charge in [-0.3, -0.25) is 13.9 Å². The van der Waals surface area contributed by atoms with Crippen LogP contribution in [-0.4, -0.2) is 32.4 Å². The van der Waals surface area contributed by atoms with Gasteiger partial charge in [0.1, 0.15) is 5.56 Å². The zero-order chi connectivity index (χ0) is 20.5. The monoisotopic (exact) mass is 396 g/mol. The van der Waals surface area contributed by atoms with Gasteiger partial charge < -0.3 is 9.26 Å². The quantitative estimate of drug-likeness (QED) is 0.615. The number of esters is 1. The van der Waals surface area contributed by atoms with Crippen LogP contribution in [0.15, 0.2) is 38.4 Å². The Bertz CT molecular complexity index is 1200. The summed E-state index contributed by atoms with van der Waals surface area (Å²) in [6.45, 7) is 2.20. The third-order valence-corrected chi connectivity index (χ3v) is 5.02. The summed E-state index contributed by atoms with van der Waals surface area (Å²) in [5.41, 5.74) is 1.09. The molecule has 3 heterocycles. The van der Waals surface area contributed by atoms with Gasteiger partial charge in [-0.15, -0.1) is 0 Å². The van der Waals surface area contributed by atoms with Crippen molar-refractivity contribution < 1.29 is 14.1 Å². The van der Waals surface area contributed by atoms with Crippen LogP contribution in [0.4, 0.5) is 0 Å². The molecule has 0 fully saturated rings. The van der Waals surface area contributed by atoms with Gasteiger partial charge in [0.15, 0.2) is 0 Å². The van der Waals surface area contributed by atoms with E-state index >= 15 is 0 Å². The summed E-state index contributed by atoms with van der Waals surface area (Å²) in [7, 11) is 1.30. The zero-order valence-corrected chi connectivity index (χ0v) is 16.2. The van der Waals surface area contributed by atoms with E-state index in [0.717, 1.165) is 17.4 Å². The maximum absolute atomic E-state index is 13.3. The van der Waals surface area contributed by atoms with Crippen LogP contribution in [0.1, 0.15) is 40.3 Å². The number of hydrogen-bond acceptors (Lipinski definition) is 7. The van der Waals surface area contributed by atoms with E-state index in [9.17, 15) is 14.4 Å². The molecule has 0 unspecified atom stereocenters. The fraction of sp³-hybridized carbons (Fsp3) is 0.350. The molecule has 0 amide bonds. The Labute approximate surface area is 165 Å². The molecule has 0 bridgehead atoms. The first-order chi connectivity index (χ1) is 14.0. The number of rotatable bonds is 4. The van der Waals surface area contributed by atoms with E-state index in [-0.39, 0.29) is 18.1 Å². The molecule has 29 heavy (non-hydrogen) atoms. The maximum atomic E-state index is 13.3. The number of aromatic nitrogens is 4. The smallest absolute Gasteiger partial charge is 0.337 e. The predicted molar refractivity (Wildman–Crippen MR) is 103 cm³/mol. The molecule has 0 N–H and O–H groups in total. The van der Waals surface area contributed by atoms with Crippen molar-refractivity contribution in [1.29, 1.82) is 0 Å². The largest absolute Gasteiger partial charge is 0.465 e. The van der Waals surface area contributed by atoms with Gasteiger partial charge in [-0.2, -0.15) is 4.98 Å². The molecule has 2 aromatic heterocycles. The van der Waals surface area contributed by atoms with Crippen LogP contribution in [0.3, 0.4) is 0 Å². The van der Waals surface area contributed by atoms with E-state index in [2.05, 4.69) is 10.1 Å². The van der Waals surface area contributed by atoms with Crippen LogP contribution in [0, 0.1) is 6.92 Å². The molecule has 0 spiro atoms. The summed E-state index contributed by atoms with van der Waals surface area (Å²) in [6.07, 6.45) is 2.34. The summed E-state index contributed by atoms with van der Waals surface area (Å²) in [6, 6.07) is 6.66. The first kappa shape index (κ1) is 18.9. The Hall–Kier alpha value is -3.49. The molecule has 0 saturated carbocycles. The lowest BCUT2D eigenvalue weighted by Crippen LogP contribution is -2.44. The second-order valence-electron chi connectivity index (χ2n) is 6.93. The van der Waals surface area contributed by atoms with E-state index in [1.54, 1.807) is 35.8 Å². The Morgan fingerprint density at radius 3 is 2.83 bits per heavy atom. The highest BCUT2D eigenvalue weighted by molar-refractivity contribution is 5.89. The standard InChI is InChI=1S/C20H20N4O5/c1-12-21-17(22-29-12)16-15-8-3-4-9-23(15)20(27)24(18(16)25)11-13-6-5-7-14(10-13)19(26)28-2/h5-7,10H,3-4,8-9,11H2,1-2H3. The lowest BCUT2D eigenvalue weighted by molar-refractivity contribution is 0.0600. The van der Waals surface area contributed by atoms with E-state index < -0.39 is 11.5 Å². The molecular formula is C20H20N4O5. The number of fused-ring (bicyclic) bond motifs is 1. The fourth-order valence-electron chi connectivity index (χ4n) is 3.66. The van der Waals surface area contributed by atoms with Gasteiger partial charge in [-0.25, -0.2) is 9.59 Å². The third-order valence-electron chi connectivity index (χ3n) is 5.02. The summed E-state index contributed by atoms with van der Waals surface area (Å²) < 4.78 is 12.6. The van der Waals surface area contributed by atoms with Crippen molar-refractivity contribution in [1.82, 2.24) is 19.3 Å². The lowest BCUT2D eigenvalue weighted by Gasteiger charge is -2.22. The highest BCUT2D eigenvalue weighted by atomic mass is 16.5. The topological polar surface area (TPSA) is 109 Å². The van der Waals surface area contributed by atoms with Crippen molar-refractivity contribution in [3.63, 3.8) is 0 Å². The first-order valence-electron chi connectivity index (χ1n) is 9.34. The van der Waals surface area contributed by atoms with Gasteiger partial charge in [0.2, 0.25) is 11.7 Å². The van der Waals surface area contributed by atoms with Crippen molar-refractivity contribution in [3.05, 3.63) is 67.8 Å². The minimum atomic E-state index is -0.482. The van der Waals surface area contributed by atoms with Crippen molar-refractivity contribution in [2.24, 2.45) is 0 Å². The van der Waals surface area contributed by atoms with E-state index in [0.29, 0.717) is 41.2 Å². The molecule has 3 aromatic rings. The molecule has 4 rings (SSSR count). The van der Waals surface area contributed by atoms with Gasteiger partial charge in [0.05, 0.1) is 19.2 Å². The van der Waals surface area contributed by atoms with Crippen LogP contribution in [0.5, 0.6) is 0 Å². The predicted octanol–water partition coefficient (Wildman–Crippen LogP) is 1.54. The molecule has 0 radical (unpaired) electrons. The molecular weight excluding hydrogens is 376 g/mol. The van der Waals surface area contributed by atoms with Crippen LogP contribution in [0.25, 0.3) is 11.4 Å². The number of benzene rings is 1. The molecule has 150 valence electrons. The summed E-state index contributed by atoms with van der Waals surface area (Å²) in [4.78, 5) is 42.4. The number of hydrogen-bond donors (Lipinski definition) is 0. The van der Waals surface area contributed by atoms with Gasteiger partial charge in [-0.05, 0) is 37.0 Å². The Kier molecular flexibility index (Phi) is 4.87. The van der Waals surface area contributed by atoms with Crippen LogP contribution in [-0.2, 0) is 24.2 Å². The average molecular weight is 396 g/mol. The lowest BCUT2D eigenvalue weighted by atomic mass is 10.0. The molecule has 0 atom stereocenters. The number of ether oxygens (including phenoxy) is 1. The highest BCUT2D eigenvalue weighted by Gasteiger charge is 2.25. The van der Waals surface area contributed by atoms with E-state index in [4.69, 9.17) is 9.26 Å². The zero-order valence-electron chi connectivity index (χ0n) is 16.2. The molecule has 9 heteroatoms. The summed E-state index contributed by atoms with van der Waals surface area (Å²) in [5, 5.41) is 3.91. The average Bonchev–Trinajstić information content (AvgIpc) is 3.16. The first-order valence-corrected chi connectivity index (χ1v) is 9.34. The maximum Gasteiger partial charge on any atom is 0.337 e. The van der Waals surface area contributed by atoms with Crippen molar-refractivity contribution in [2.75, 3.05) is 7.11 Å². The van der Waals surface area contributed by atoms with Gasteiger partial charge in [0, 0.05) is 19.2 Å². The van der Waals surface area contributed by atoms with Crippen LogP contribution in [0.2, 0.25) is 0 Å². The Balaban J connectivity index is 1.87. The second kappa shape index (κ2) is 7.50. The normalized spacial score (nSPS) is 13.2. The third kappa shape index (κ3) is 3.39. The Morgan fingerprint density at radius 2 is 2.10 bits per heavy atom. The minimum absolute atomic E-state index is 0.0205. The molecule has 1 aromatic carbocycles. The second-order valence-corrected chi connectivity index (χ2v) is 6.93. The van der Waals surface area contributed by atoms with Gasteiger partial charge in [-0.1, -0.05) is 17.3 Å². The number of carbonyl (C=O) groups excluding carboxylic acids is 1. The van der Waals surface area contributed by atoms with E-state index in [1.807, 2.05) is 0 Å². The van der Waals surface area contributed by atoms with E-state index in [1.165, 1.54) is 7.11 Å². The van der Waals surface area contributed by atoms with Crippen molar-refractivity contribution in [2.45, 2.75) is 39.3 Å². The SMILES string of the molecule is COC(=O)c1cccc(Cn2c(=O)c(-c3noc(C)n3)c3n(c2=O)CCCC3)c1. The number of aryl methyl sites for hydroxylation is 1. The molecule has 0 aliphatic carbocycles. The van der Waals surface area contributed by atoms with Crippen LogP contribution >= 0.6 is 0 Å². The van der Waals surface area contributed by atoms with Gasteiger partial charge in [0.25, 0.3) is 5.56 Å². The minimum Gasteiger partial charge on any atom is -0.465 e. The fourth-order valence-corrected chi connectivity index (χ4v) is 3.66. The number of nitrogens with zero attached hydrogens (tertiary/aromatic N) is 4. The highest BCUT2D eigenvalue weighted by Crippen LogP contribution is 2.22. The summed E-state index contributed by atoms with van der Waals surface area (Å²) >= 11 is 0. The summed E-state index contributed by atoms with van der Waals surface area (Å²) in [5.74, 6) is 0.0528. The Morgan fingerprint density at radius 1 is 1.28 bits per heavy atom. The molecule has 1 aliphatic heterocycles. The molecule has 9 nitrogen and oxygen atoms in total. The van der Waals surface area contributed by atoms with Crippen molar-refractivity contribution >= 4 is 5.97 Å². The molecule has 1 aliphatic rings. The van der Waals surface area contributed by atoms with Crippen molar-refractivity contribution in [3.8, 4) is 11.4 Å².